The van der Waals surface area contributed by atoms with Crippen LogP contribution in [0.15, 0.2) is 18.2 Å². The number of anilines is 2. The van der Waals surface area contributed by atoms with Crippen LogP contribution in [0, 0.1) is 0 Å². The van der Waals surface area contributed by atoms with Crippen LogP contribution in [0.5, 0.6) is 0 Å². The average molecular weight is 313 g/mol. The molecule has 5 nitrogen and oxygen atoms in total. The Hall–Kier alpha value is -1.72. The lowest BCUT2D eigenvalue weighted by Crippen LogP contribution is -2.17. The lowest BCUT2D eigenvalue weighted by Gasteiger charge is -2.08. The monoisotopic (exact) mass is 312 g/mol. The molecule has 2 rings (SSSR count). The molecule has 0 aliphatic heterocycles. The standard InChI is InChI=1S/C13H14Cl2N4O/c1-3-9-11(16)12(19(2)18-9)13(20)17-10-6-7(14)4-5-8(10)15/h4-6H,3,16H2,1-2H3,(H,17,20). The Morgan fingerprint density at radius 1 is 1.45 bits per heavy atom. The summed E-state index contributed by atoms with van der Waals surface area (Å²) in [5, 5.41) is 7.78. The van der Waals surface area contributed by atoms with E-state index in [1.54, 1.807) is 25.2 Å². The lowest BCUT2D eigenvalue weighted by atomic mass is 10.2. The summed E-state index contributed by atoms with van der Waals surface area (Å²) in [4.78, 5) is 12.3. The Bertz CT molecular complexity index is 667. The van der Waals surface area contributed by atoms with Gasteiger partial charge in [0.05, 0.1) is 22.1 Å². The molecule has 0 radical (unpaired) electrons. The van der Waals surface area contributed by atoms with Crippen molar-refractivity contribution in [1.29, 1.82) is 0 Å². The van der Waals surface area contributed by atoms with E-state index < -0.39 is 0 Å². The topological polar surface area (TPSA) is 72.9 Å². The first kappa shape index (κ1) is 14.7. The second-order valence-corrected chi connectivity index (χ2v) is 5.11. The zero-order valence-corrected chi connectivity index (χ0v) is 12.6. The molecule has 0 saturated heterocycles. The molecule has 1 heterocycles. The Morgan fingerprint density at radius 3 is 2.75 bits per heavy atom. The molecule has 1 aromatic carbocycles. The van der Waals surface area contributed by atoms with Gasteiger partial charge in [-0.15, -0.1) is 0 Å². The highest BCUT2D eigenvalue weighted by molar-refractivity contribution is 6.35. The van der Waals surface area contributed by atoms with Gasteiger partial charge in [0.15, 0.2) is 0 Å². The molecule has 0 bridgehead atoms. The number of amides is 1. The number of carbonyl (C=O) groups is 1. The smallest absolute Gasteiger partial charge is 0.276 e. The van der Waals surface area contributed by atoms with Gasteiger partial charge >= 0.3 is 0 Å². The Kier molecular flexibility index (Phi) is 4.20. The molecule has 0 unspecified atom stereocenters. The van der Waals surface area contributed by atoms with Crippen molar-refractivity contribution >= 4 is 40.5 Å². The second kappa shape index (κ2) is 5.73. The summed E-state index contributed by atoms with van der Waals surface area (Å²) in [6.45, 7) is 1.92. The van der Waals surface area contributed by atoms with Crippen LogP contribution in [0.1, 0.15) is 23.1 Å². The highest BCUT2D eigenvalue weighted by Crippen LogP contribution is 2.26. The highest BCUT2D eigenvalue weighted by atomic mass is 35.5. The molecule has 0 fully saturated rings. The molecule has 0 atom stereocenters. The van der Waals surface area contributed by atoms with E-state index in [1.807, 2.05) is 6.92 Å². The summed E-state index contributed by atoms with van der Waals surface area (Å²) in [7, 11) is 1.67. The van der Waals surface area contributed by atoms with E-state index in [1.165, 1.54) is 4.68 Å². The third-order valence-electron chi connectivity index (χ3n) is 2.89. The molecule has 0 saturated carbocycles. The maximum atomic E-state index is 12.3. The third kappa shape index (κ3) is 2.73. The maximum Gasteiger partial charge on any atom is 0.276 e. The Morgan fingerprint density at radius 2 is 2.15 bits per heavy atom. The van der Waals surface area contributed by atoms with Crippen molar-refractivity contribution in [3.05, 3.63) is 39.6 Å². The molecule has 0 spiro atoms. The van der Waals surface area contributed by atoms with Gasteiger partial charge in [0, 0.05) is 12.1 Å². The van der Waals surface area contributed by atoms with Gasteiger partial charge in [0.1, 0.15) is 5.69 Å². The van der Waals surface area contributed by atoms with Gasteiger partial charge in [-0.25, -0.2) is 0 Å². The van der Waals surface area contributed by atoms with E-state index >= 15 is 0 Å². The van der Waals surface area contributed by atoms with Gasteiger partial charge in [-0.1, -0.05) is 30.1 Å². The average Bonchev–Trinajstić information content (AvgIpc) is 2.68. The Labute approximate surface area is 126 Å². The number of nitrogens with zero attached hydrogens (tertiary/aromatic N) is 2. The van der Waals surface area contributed by atoms with Crippen LogP contribution < -0.4 is 11.1 Å². The van der Waals surface area contributed by atoms with Crippen molar-refractivity contribution in [2.24, 2.45) is 7.05 Å². The highest BCUT2D eigenvalue weighted by Gasteiger charge is 2.19. The van der Waals surface area contributed by atoms with Crippen LogP contribution in [-0.2, 0) is 13.5 Å². The van der Waals surface area contributed by atoms with Crippen LogP contribution in [0.4, 0.5) is 11.4 Å². The van der Waals surface area contributed by atoms with Gasteiger partial charge in [-0.05, 0) is 24.6 Å². The number of hydrogen-bond acceptors (Lipinski definition) is 3. The fraction of sp³-hybridized carbons (Fsp3) is 0.231. The first-order chi connectivity index (χ1) is 9.43. The third-order valence-corrected chi connectivity index (χ3v) is 3.45. The predicted octanol–water partition coefficient (Wildman–Crippen LogP) is 3.12. The SMILES string of the molecule is CCc1nn(C)c(C(=O)Nc2cc(Cl)ccc2Cl)c1N. The largest absolute Gasteiger partial charge is 0.395 e. The molecule has 0 aliphatic carbocycles. The number of halogens is 2. The molecule has 7 heteroatoms. The zero-order chi connectivity index (χ0) is 14.9. The van der Waals surface area contributed by atoms with Gasteiger partial charge in [-0.3, -0.25) is 9.48 Å². The van der Waals surface area contributed by atoms with E-state index in [4.69, 9.17) is 28.9 Å². The number of aryl methyl sites for hydroxylation is 2. The first-order valence-corrected chi connectivity index (χ1v) is 6.77. The van der Waals surface area contributed by atoms with Crippen LogP contribution in [0.3, 0.4) is 0 Å². The number of benzene rings is 1. The number of nitrogens with one attached hydrogen (secondary N) is 1. The second-order valence-electron chi connectivity index (χ2n) is 4.26. The van der Waals surface area contributed by atoms with Gasteiger partial charge in [0.2, 0.25) is 0 Å². The minimum atomic E-state index is -0.374. The van der Waals surface area contributed by atoms with Crippen LogP contribution in [-0.4, -0.2) is 15.7 Å². The molecule has 2 aromatic rings. The van der Waals surface area contributed by atoms with Crippen molar-refractivity contribution < 1.29 is 4.79 Å². The van der Waals surface area contributed by atoms with E-state index in [2.05, 4.69) is 10.4 Å². The number of carbonyl (C=O) groups excluding carboxylic acids is 1. The van der Waals surface area contributed by atoms with Crippen LogP contribution in [0.25, 0.3) is 0 Å². The quantitative estimate of drug-likeness (QED) is 0.914. The fourth-order valence-corrected chi connectivity index (χ4v) is 2.24. The normalized spacial score (nSPS) is 10.6. The zero-order valence-electron chi connectivity index (χ0n) is 11.1. The van der Waals surface area contributed by atoms with Gasteiger partial charge in [-0.2, -0.15) is 5.10 Å². The summed E-state index contributed by atoms with van der Waals surface area (Å²) in [5.74, 6) is -0.374. The maximum absolute atomic E-state index is 12.3. The molecular formula is C13H14Cl2N4O. The van der Waals surface area contributed by atoms with Crippen molar-refractivity contribution in [2.75, 3.05) is 11.1 Å². The van der Waals surface area contributed by atoms with Crippen molar-refractivity contribution in [1.82, 2.24) is 9.78 Å². The first-order valence-electron chi connectivity index (χ1n) is 6.01. The van der Waals surface area contributed by atoms with Crippen LogP contribution >= 0.6 is 23.2 Å². The summed E-state index contributed by atoms with van der Waals surface area (Å²) in [6.07, 6.45) is 0.658. The number of nitrogens with two attached hydrogens (primary N) is 1. The van der Waals surface area contributed by atoms with Crippen molar-refractivity contribution in [2.45, 2.75) is 13.3 Å². The van der Waals surface area contributed by atoms with E-state index in [0.29, 0.717) is 39.2 Å². The number of hydrogen-bond donors (Lipinski definition) is 2. The molecular weight excluding hydrogens is 299 g/mol. The summed E-state index contributed by atoms with van der Waals surface area (Å²) >= 11 is 11.9. The Balaban J connectivity index is 2.33. The molecule has 1 aromatic heterocycles. The number of nitrogen functional groups attached to an aromatic ring is 1. The molecule has 3 N–H and O–H groups in total. The fourth-order valence-electron chi connectivity index (χ4n) is 1.90. The van der Waals surface area contributed by atoms with Gasteiger partial charge < -0.3 is 11.1 Å². The molecule has 0 aliphatic rings. The number of rotatable bonds is 3. The minimum absolute atomic E-state index is 0.304. The molecule has 20 heavy (non-hydrogen) atoms. The summed E-state index contributed by atoms with van der Waals surface area (Å²) in [6, 6.07) is 4.84. The summed E-state index contributed by atoms with van der Waals surface area (Å²) < 4.78 is 1.46. The number of aromatic nitrogens is 2. The minimum Gasteiger partial charge on any atom is -0.395 e. The molecule has 1 amide bonds. The van der Waals surface area contributed by atoms with E-state index in [0.717, 1.165) is 0 Å². The lowest BCUT2D eigenvalue weighted by molar-refractivity contribution is 0.101. The van der Waals surface area contributed by atoms with Crippen molar-refractivity contribution in [3.63, 3.8) is 0 Å². The molecule has 106 valence electrons. The van der Waals surface area contributed by atoms with E-state index in [9.17, 15) is 4.79 Å². The summed E-state index contributed by atoms with van der Waals surface area (Å²) in [5.41, 5.74) is 7.74. The van der Waals surface area contributed by atoms with E-state index in [-0.39, 0.29) is 5.91 Å². The predicted molar refractivity (Wildman–Crippen MR) is 81.4 cm³/mol. The van der Waals surface area contributed by atoms with Gasteiger partial charge in [0.25, 0.3) is 5.91 Å². The van der Waals surface area contributed by atoms with Crippen LogP contribution in [0.2, 0.25) is 10.0 Å². The van der Waals surface area contributed by atoms with Crippen molar-refractivity contribution in [3.8, 4) is 0 Å².